The molecule has 2 heterocycles. The number of nitrogens with one attached hydrogen (secondary N) is 1. The van der Waals surface area contributed by atoms with Crippen molar-refractivity contribution in [1.82, 2.24) is 9.55 Å². The average Bonchev–Trinajstić information content (AvgIpc) is 3.07. The van der Waals surface area contributed by atoms with Crippen molar-refractivity contribution in [3.05, 3.63) is 56.8 Å². The van der Waals surface area contributed by atoms with Crippen LogP contribution in [-0.4, -0.2) is 40.1 Å². The third-order valence-corrected chi connectivity index (χ3v) is 3.97. The first-order chi connectivity index (χ1) is 12.0. The van der Waals surface area contributed by atoms with Crippen LogP contribution in [0.5, 0.6) is 0 Å². The summed E-state index contributed by atoms with van der Waals surface area (Å²) in [6, 6.07) is 6.39. The van der Waals surface area contributed by atoms with Crippen LogP contribution in [0.4, 0.5) is 10.2 Å². The number of aliphatic hydroxyl groups excluding tert-OH is 1. The molecule has 0 saturated carbocycles. The van der Waals surface area contributed by atoms with Crippen molar-refractivity contribution in [2.24, 2.45) is 0 Å². The van der Waals surface area contributed by atoms with E-state index >= 15 is 0 Å². The topological polar surface area (TPSA) is 103 Å². The van der Waals surface area contributed by atoms with Gasteiger partial charge in [0.15, 0.2) is 24.2 Å². The lowest BCUT2D eigenvalue weighted by atomic mass is 10.2. The molecule has 0 spiro atoms. The number of rotatable bonds is 4. The summed E-state index contributed by atoms with van der Waals surface area (Å²) in [4.78, 5) is 27.7. The number of ether oxygens (including phenoxy) is 2. The van der Waals surface area contributed by atoms with E-state index in [0.717, 1.165) is 15.2 Å². The molecular weight excluding hydrogens is 401 g/mol. The molecule has 2 N–H and O–H groups in total. The second-order valence-electron chi connectivity index (χ2n) is 5.12. The highest BCUT2D eigenvalue weighted by atomic mass is 79.9. The van der Waals surface area contributed by atoms with Crippen LogP contribution in [-0.2, 0) is 9.47 Å². The van der Waals surface area contributed by atoms with E-state index in [2.05, 4.69) is 26.2 Å². The summed E-state index contributed by atoms with van der Waals surface area (Å²) in [5, 5.41) is 11.2. The molecule has 1 aliphatic rings. The van der Waals surface area contributed by atoms with Gasteiger partial charge in [0.2, 0.25) is 0 Å². The number of aliphatic hydroxyl groups is 1. The summed E-state index contributed by atoms with van der Waals surface area (Å²) < 4.78 is 26.2. The highest BCUT2D eigenvalue weighted by molar-refractivity contribution is 9.10. The molecule has 2 aromatic rings. The van der Waals surface area contributed by atoms with Crippen LogP contribution in [0.3, 0.4) is 0 Å². The first-order valence-corrected chi connectivity index (χ1v) is 8.00. The zero-order chi connectivity index (χ0) is 18.0. The quantitative estimate of drug-likeness (QED) is 0.781. The molecule has 2 atom stereocenters. The lowest BCUT2D eigenvalue weighted by molar-refractivity contribution is -0.0993. The average molecular weight is 414 g/mol. The van der Waals surface area contributed by atoms with Crippen LogP contribution in [0.2, 0.25) is 0 Å². The van der Waals surface area contributed by atoms with Gasteiger partial charge in [-0.3, -0.25) is 9.36 Å². The predicted molar refractivity (Wildman–Crippen MR) is 87.5 cm³/mol. The van der Waals surface area contributed by atoms with E-state index < -0.39 is 35.7 Å². The van der Waals surface area contributed by atoms with Gasteiger partial charge in [-0.25, -0.2) is 9.18 Å². The molecule has 1 saturated heterocycles. The maximum atomic E-state index is 14.2. The minimum absolute atomic E-state index is 0.0309. The normalized spacial score (nSPS) is 19.8. The van der Waals surface area contributed by atoms with Gasteiger partial charge in [0, 0.05) is 10.0 Å². The molecule has 0 unspecified atom stereocenters. The largest absolute Gasteiger partial charge is 0.391 e. The number of anilines is 1. The molecular formula is C15H13BrFN3O5. The number of halogens is 2. The van der Waals surface area contributed by atoms with Crippen molar-refractivity contribution in [1.29, 1.82) is 0 Å². The molecule has 1 aromatic heterocycles. The Hall–Kier alpha value is -2.14. The van der Waals surface area contributed by atoms with Crippen molar-refractivity contribution in [2.45, 2.75) is 12.5 Å². The number of benzene rings is 1. The fourth-order valence-electron chi connectivity index (χ4n) is 2.21. The lowest BCUT2D eigenvalue weighted by Gasteiger charge is -2.13. The number of aromatic nitrogens is 2. The molecule has 0 aliphatic carbocycles. The third-order valence-electron chi connectivity index (χ3n) is 3.44. The van der Waals surface area contributed by atoms with Crippen LogP contribution in [0, 0.1) is 5.82 Å². The van der Waals surface area contributed by atoms with E-state index in [9.17, 15) is 14.0 Å². The van der Waals surface area contributed by atoms with Crippen molar-refractivity contribution in [3.63, 3.8) is 0 Å². The second-order valence-corrected chi connectivity index (χ2v) is 6.04. The van der Waals surface area contributed by atoms with Gasteiger partial charge >= 0.3 is 5.69 Å². The van der Waals surface area contributed by atoms with Gasteiger partial charge in [-0.15, -0.1) is 0 Å². The maximum Gasteiger partial charge on any atom is 0.351 e. The molecule has 0 bridgehead atoms. The summed E-state index contributed by atoms with van der Waals surface area (Å²) in [6.07, 6.45) is -0.903. The fourth-order valence-corrected chi connectivity index (χ4v) is 2.47. The Kier molecular flexibility index (Phi) is 5.23. The zero-order valence-electron chi connectivity index (χ0n) is 12.7. The molecule has 0 radical (unpaired) electrons. The number of carbonyl (C=O) groups is 1. The molecule has 132 valence electrons. The van der Waals surface area contributed by atoms with E-state index in [1.54, 1.807) is 12.1 Å². The van der Waals surface area contributed by atoms with E-state index in [4.69, 9.17) is 14.6 Å². The SMILES string of the molecule is O=C(Nc1nc(=O)n([C@H]2CO[C@@H](CO)O2)cc1F)c1ccc(Br)cc1. The number of hydrogen-bond acceptors (Lipinski definition) is 6. The standard InChI is InChI=1S/C15H13BrFN3O5/c16-9-3-1-8(2-4-9)14(22)18-13-10(17)5-20(15(23)19-13)11-7-24-12(6-21)25-11/h1-5,11-12,21H,6-7H2,(H,18,19,22,23)/t11-,12-/m1/s1. The van der Waals surface area contributed by atoms with Gasteiger partial charge in [-0.05, 0) is 24.3 Å². The van der Waals surface area contributed by atoms with Crippen molar-refractivity contribution >= 4 is 27.7 Å². The van der Waals surface area contributed by atoms with E-state index in [0.29, 0.717) is 0 Å². The van der Waals surface area contributed by atoms with Crippen LogP contribution in [0.1, 0.15) is 16.6 Å². The van der Waals surface area contributed by atoms with Crippen molar-refractivity contribution in [2.75, 3.05) is 18.5 Å². The Morgan fingerprint density at radius 2 is 2.16 bits per heavy atom. The first-order valence-electron chi connectivity index (χ1n) is 7.21. The van der Waals surface area contributed by atoms with Gasteiger partial charge in [0.25, 0.3) is 5.91 Å². The Bertz CT molecular complexity index is 842. The van der Waals surface area contributed by atoms with Gasteiger partial charge < -0.3 is 19.9 Å². The van der Waals surface area contributed by atoms with Crippen LogP contribution >= 0.6 is 15.9 Å². The molecule has 1 aliphatic heterocycles. The molecule has 3 rings (SSSR count). The molecule has 1 aromatic carbocycles. The summed E-state index contributed by atoms with van der Waals surface area (Å²) >= 11 is 3.25. The fraction of sp³-hybridized carbons (Fsp3) is 0.267. The van der Waals surface area contributed by atoms with E-state index in [1.807, 2.05) is 0 Å². The smallest absolute Gasteiger partial charge is 0.351 e. The number of amides is 1. The number of nitrogens with zero attached hydrogens (tertiary/aromatic N) is 2. The van der Waals surface area contributed by atoms with E-state index in [-0.39, 0.29) is 18.8 Å². The van der Waals surface area contributed by atoms with Crippen LogP contribution < -0.4 is 11.0 Å². The van der Waals surface area contributed by atoms with Gasteiger partial charge in [0.05, 0.1) is 19.4 Å². The minimum Gasteiger partial charge on any atom is -0.391 e. The first kappa shape index (κ1) is 17.7. The van der Waals surface area contributed by atoms with Crippen LogP contribution in [0.25, 0.3) is 0 Å². The molecule has 8 nitrogen and oxygen atoms in total. The monoisotopic (exact) mass is 413 g/mol. The number of carbonyl (C=O) groups excluding carboxylic acids is 1. The van der Waals surface area contributed by atoms with Gasteiger partial charge in [-0.2, -0.15) is 4.98 Å². The summed E-state index contributed by atoms with van der Waals surface area (Å²) in [6.45, 7) is -0.417. The Balaban J connectivity index is 1.79. The molecule has 10 heteroatoms. The maximum absolute atomic E-state index is 14.2. The second kappa shape index (κ2) is 7.40. The Labute approximate surface area is 149 Å². The highest BCUT2D eigenvalue weighted by Gasteiger charge is 2.28. The minimum atomic E-state index is -0.902. The lowest BCUT2D eigenvalue weighted by Crippen LogP contribution is -2.30. The van der Waals surface area contributed by atoms with Crippen LogP contribution in [0.15, 0.2) is 39.7 Å². The predicted octanol–water partition coefficient (Wildman–Crippen LogP) is 1.26. The molecule has 1 amide bonds. The summed E-state index contributed by atoms with van der Waals surface area (Å²) in [5.74, 6) is -1.98. The third kappa shape index (κ3) is 3.93. The zero-order valence-corrected chi connectivity index (χ0v) is 14.3. The Morgan fingerprint density at radius 3 is 2.80 bits per heavy atom. The summed E-state index contributed by atoms with van der Waals surface area (Å²) in [5.41, 5.74) is -0.536. The van der Waals surface area contributed by atoms with E-state index in [1.165, 1.54) is 12.1 Å². The van der Waals surface area contributed by atoms with Gasteiger partial charge in [0.1, 0.15) is 0 Å². The van der Waals surface area contributed by atoms with Gasteiger partial charge in [-0.1, -0.05) is 15.9 Å². The van der Waals surface area contributed by atoms with Crippen molar-refractivity contribution < 1.29 is 23.8 Å². The summed E-state index contributed by atoms with van der Waals surface area (Å²) in [7, 11) is 0. The Morgan fingerprint density at radius 1 is 1.44 bits per heavy atom. The molecule has 1 fully saturated rings. The number of hydrogen-bond donors (Lipinski definition) is 2. The highest BCUT2D eigenvalue weighted by Crippen LogP contribution is 2.20. The van der Waals surface area contributed by atoms with Crippen molar-refractivity contribution in [3.8, 4) is 0 Å². The molecule has 25 heavy (non-hydrogen) atoms.